The lowest BCUT2D eigenvalue weighted by Crippen LogP contribution is -2.53. The smallest absolute Gasteiger partial charge is 0.0459 e. The van der Waals surface area contributed by atoms with E-state index in [9.17, 15) is 0 Å². The minimum absolute atomic E-state index is 0.230. The summed E-state index contributed by atoms with van der Waals surface area (Å²) in [4.78, 5) is 3.77. The molecule has 2 N–H and O–H groups in total. The van der Waals surface area contributed by atoms with Crippen molar-refractivity contribution in [2.45, 2.75) is 57.5 Å². The first-order chi connectivity index (χ1) is 10.6. The molecule has 4 rings (SSSR count). The van der Waals surface area contributed by atoms with E-state index < -0.39 is 0 Å². The van der Waals surface area contributed by atoms with Crippen molar-refractivity contribution >= 4 is 10.9 Å². The van der Waals surface area contributed by atoms with Gasteiger partial charge in [0, 0.05) is 40.0 Å². The van der Waals surface area contributed by atoms with Gasteiger partial charge < -0.3 is 10.3 Å². The first-order valence-corrected chi connectivity index (χ1v) is 8.62. The number of fused-ring (bicyclic) bond motifs is 5. The summed E-state index contributed by atoms with van der Waals surface area (Å²) in [6.07, 6.45) is 8.41. The highest BCUT2D eigenvalue weighted by atomic mass is 15.0. The van der Waals surface area contributed by atoms with Gasteiger partial charge in [-0.15, -0.1) is 0 Å². The molecule has 2 heteroatoms. The molecule has 2 aromatic rings. The van der Waals surface area contributed by atoms with E-state index in [1.54, 1.807) is 5.56 Å². The van der Waals surface area contributed by atoms with E-state index in [4.69, 9.17) is 0 Å². The van der Waals surface area contributed by atoms with E-state index >= 15 is 0 Å². The summed E-state index contributed by atoms with van der Waals surface area (Å²) in [6, 6.07) is 9.85. The molecule has 0 saturated carbocycles. The molecule has 0 fully saturated rings. The molecule has 1 heterocycles. The first kappa shape index (κ1) is 14.1. The van der Waals surface area contributed by atoms with Crippen molar-refractivity contribution in [2.75, 3.05) is 0 Å². The number of allylic oxidation sites excluding steroid dienone is 1. The van der Waals surface area contributed by atoms with Gasteiger partial charge in [0.25, 0.3) is 0 Å². The summed E-state index contributed by atoms with van der Waals surface area (Å²) in [5.41, 5.74) is 4.56. The summed E-state index contributed by atoms with van der Waals surface area (Å²) < 4.78 is 0. The number of para-hydroxylation sites is 1. The Labute approximate surface area is 133 Å². The van der Waals surface area contributed by atoms with Crippen molar-refractivity contribution in [3.05, 3.63) is 47.7 Å². The fraction of sp³-hybridized carbons (Fsp3) is 0.500. The maximum absolute atomic E-state index is 3.84. The number of benzene rings is 1. The number of hydrogen-bond donors (Lipinski definition) is 2. The van der Waals surface area contributed by atoms with Crippen molar-refractivity contribution in [2.24, 2.45) is 5.92 Å². The highest BCUT2D eigenvalue weighted by molar-refractivity contribution is 5.85. The van der Waals surface area contributed by atoms with Gasteiger partial charge >= 0.3 is 0 Å². The van der Waals surface area contributed by atoms with E-state index in [2.05, 4.69) is 67.5 Å². The Hall–Kier alpha value is -1.54. The second-order valence-electron chi connectivity index (χ2n) is 7.57. The van der Waals surface area contributed by atoms with Crippen molar-refractivity contribution in [1.29, 1.82) is 0 Å². The van der Waals surface area contributed by atoms with E-state index in [1.165, 1.54) is 29.4 Å². The zero-order valence-corrected chi connectivity index (χ0v) is 13.8. The molecule has 0 unspecified atom stereocenters. The third kappa shape index (κ3) is 1.97. The lowest BCUT2D eigenvalue weighted by Gasteiger charge is -2.47. The van der Waals surface area contributed by atoms with Gasteiger partial charge in [0.1, 0.15) is 0 Å². The van der Waals surface area contributed by atoms with Gasteiger partial charge in [-0.1, -0.05) is 51.1 Å². The van der Waals surface area contributed by atoms with Crippen LogP contribution in [0.25, 0.3) is 10.9 Å². The lowest BCUT2D eigenvalue weighted by atomic mass is 9.60. The largest absolute Gasteiger partial charge is 0.358 e. The maximum Gasteiger partial charge on any atom is 0.0459 e. The standard InChI is InChI=1S/C20H26N2/c1-13(2)21-18-12-15-14-8-4-5-10-17(14)22-19(15)20(3)11-7-6-9-16(18)20/h4-6,8-10,13,16,18,21-22H,7,11-12H2,1-3H3/t16-,18-,20-/m1/s1. The molecule has 0 saturated heterocycles. The molecule has 0 radical (unpaired) electrons. The van der Waals surface area contributed by atoms with Gasteiger partial charge in [-0.05, 0) is 30.9 Å². The molecular weight excluding hydrogens is 268 g/mol. The predicted octanol–water partition coefficient (Wildman–Crippen LogP) is 4.31. The fourth-order valence-corrected chi connectivity index (χ4v) is 4.71. The van der Waals surface area contributed by atoms with Crippen LogP contribution in [-0.4, -0.2) is 17.1 Å². The average molecular weight is 294 g/mol. The Morgan fingerprint density at radius 1 is 1.27 bits per heavy atom. The van der Waals surface area contributed by atoms with Crippen LogP contribution in [0.15, 0.2) is 36.4 Å². The molecule has 2 aliphatic rings. The van der Waals surface area contributed by atoms with Crippen molar-refractivity contribution < 1.29 is 0 Å². The molecule has 1 aromatic carbocycles. The van der Waals surface area contributed by atoms with E-state index in [-0.39, 0.29) is 5.41 Å². The minimum Gasteiger partial charge on any atom is -0.358 e. The molecule has 22 heavy (non-hydrogen) atoms. The molecule has 1 aromatic heterocycles. The van der Waals surface area contributed by atoms with Crippen molar-refractivity contribution in [3.8, 4) is 0 Å². The van der Waals surface area contributed by atoms with Gasteiger partial charge in [-0.25, -0.2) is 0 Å². The first-order valence-electron chi connectivity index (χ1n) is 8.62. The molecule has 0 aliphatic heterocycles. The molecule has 2 nitrogen and oxygen atoms in total. The summed E-state index contributed by atoms with van der Waals surface area (Å²) in [7, 11) is 0. The molecule has 3 atom stereocenters. The fourth-order valence-electron chi connectivity index (χ4n) is 4.71. The van der Waals surface area contributed by atoms with Crippen LogP contribution in [0.3, 0.4) is 0 Å². The molecular formula is C20H26N2. The number of rotatable bonds is 2. The van der Waals surface area contributed by atoms with Gasteiger partial charge in [-0.3, -0.25) is 0 Å². The highest BCUT2D eigenvalue weighted by Gasteiger charge is 2.46. The van der Waals surface area contributed by atoms with E-state index in [0.717, 1.165) is 6.42 Å². The Kier molecular flexibility index (Phi) is 3.19. The van der Waals surface area contributed by atoms with Crippen molar-refractivity contribution in [3.63, 3.8) is 0 Å². The Bertz CT molecular complexity index is 724. The van der Waals surface area contributed by atoms with Gasteiger partial charge in [0.15, 0.2) is 0 Å². The third-order valence-corrected chi connectivity index (χ3v) is 5.70. The van der Waals surface area contributed by atoms with E-state index in [0.29, 0.717) is 18.0 Å². The third-order valence-electron chi connectivity index (χ3n) is 5.70. The van der Waals surface area contributed by atoms with Gasteiger partial charge in [-0.2, -0.15) is 0 Å². The molecule has 0 amide bonds. The number of nitrogens with one attached hydrogen (secondary N) is 2. The maximum atomic E-state index is 3.84. The van der Waals surface area contributed by atoms with Gasteiger partial charge in [0.2, 0.25) is 0 Å². The zero-order valence-electron chi connectivity index (χ0n) is 13.8. The average Bonchev–Trinajstić information content (AvgIpc) is 2.87. The van der Waals surface area contributed by atoms with Crippen LogP contribution in [0, 0.1) is 5.92 Å². The van der Waals surface area contributed by atoms with Crippen LogP contribution >= 0.6 is 0 Å². The molecule has 0 bridgehead atoms. The number of aromatic nitrogens is 1. The Morgan fingerprint density at radius 2 is 2.09 bits per heavy atom. The van der Waals surface area contributed by atoms with Crippen LogP contribution in [-0.2, 0) is 11.8 Å². The van der Waals surface area contributed by atoms with Crippen LogP contribution in [0.4, 0.5) is 0 Å². The van der Waals surface area contributed by atoms with Crippen LogP contribution in [0.2, 0.25) is 0 Å². The molecule has 0 spiro atoms. The van der Waals surface area contributed by atoms with E-state index in [1.807, 2.05) is 0 Å². The number of H-pyrrole nitrogens is 1. The molecule has 2 aliphatic carbocycles. The summed E-state index contributed by atoms with van der Waals surface area (Å²) in [6.45, 7) is 6.98. The topological polar surface area (TPSA) is 27.8 Å². The van der Waals surface area contributed by atoms with Crippen LogP contribution in [0.1, 0.15) is 44.9 Å². The van der Waals surface area contributed by atoms with Crippen LogP contribution < -0.4 is 5.32 Å². The summed E-state index contributed by atoms with van der Waals surface area (Å²) in [5, 5.41) is 5.26. The Balaban J connectivity index is 1.90. The number of hydrogen-bond acceptors (Lipinski definition) is 1. The van der Waals surface area contributed by atoms with Gasteiger partial charge in [0.05, 0.1) is 0 Å². The predicted molar refractivity (Wildman–Crippen MR) is 93.3 cm³/mol. The Morgan fingerprint density at radius 3 is 2.91 bits per heavy atom. The monoisotopic (exact) mass is 294 g/mol. The number of aromatic amines is 1. The quantitative estimate of drug-likeness (QED) is 0.793. The summed E-state index contributed by atoms with van der Waals surface area (Å²) in [5.74, 6) is 0.587. The molecule has 116 valence electrons. The highest BCUT2D eigenvalue weighted by Crippen LogP contribution is 2.49. The normalized spacial score (nSPS) is 30.5. The van der Waals surface area contributed by atoms with Crippen LogP contribution in [0.5, 0.6) is 0 Å². The SMILES string of the molecule is CC(C)N[C@@H]1Cc2c([nH]c3ccccc23)[C@]2(C)CCC=C[C@H]12. The van der Waals surface area contributed by atoms with Crippen molar-refractivity contribution in [1.82, 2.24) is 10.3 Å². The minimum atomic E-state index is 0.230. The lowest BCUT2D eigenvalue weighted by molar-refractivity contribution is 0.210. The second-order valence-corrected chi connectivity index (χ2v) is 7.57. The summed E-state index contributed by atoms with van der Waals surface area (Å²) >= 11 is 0. The second kappa shape index (κ2) is 4.99. The zero-order chi connectivity index (χ0) is 15.3.